The van der Waals surface area contributed by atoms with E-state index < -0.39 is 15.1 Å². The van der Waals surface area contributed by atoms with Crippen LogP contribution in [0.4, 0.5) is 0 Å². The molecule has 1 aliphatic heterocycles. The minimum atomic E-state index is -3.26. The molecule has 1 saturated heterocycles. The Hall–Kier alpha value is -1.67. The van der Waals surface area contributed by atoms with Gasteiger partial charge in [0.15, 0.2) is 15.5 Å². The number of carbonyl (C=O) groups excluding carboxylic acids is 1. The van der Waals surface area contributed by atoms with Crippen molar-refractivity contribution in [3.05, 3.63) is 39.9 Å². The van der Waals surface area contributed by atoms with Crippen molar-refractivity contribution in [1.82, 2.24) is 10.1 Å². The van der Waals surface area contributed by atoms with Crippen molar-refractivity contribution in [2.45, 2.75) is 30.4 Å². The summed E-state index contributed by atoms with van der Waals surface area (Å²) in [7, 11) is -3.26. The molecule has 24 heavy (non-hydrogen) atoms. The van der Waals surface area contributed by atoms with Crippen molar-refractivity contribution in [3.8, 4) is 0 Å². The van der Waals surface area contributed by atoms with Crippen LogP contribution in [0.2, 0.25) is 0 Å². The van der Waals surface area contributed by atoms with Gasteiger partial charge in [-0.3, -0.25) is 4.79 Å². The summed E-state index contributed by atoms with van der Waals surface area (Å²) in [6, 6.07) is 5.41. The lowest BCUT2D eigenvalue weighted by Gasteiger charge is -2.18. The number of nitrogens with zero attached hydrogens (tertiary/aromatic N) is 2. The van der Waals surface area contributed by atoms with Crippen LogP contribution in [0.5, 0.6) is 0 Å². The molecule has 2 fully saturated rings. The van der Waals surface area contributed by atoms with Crippen LogP contribution < -0.4 is 0 Å². The third-order valence-corrected chi connectivity index (χ3v) is 7.86. The van der Waals surface area contributed by atoms with Gasteiger partial charge in [-0.2, -0.15) is 0 Å². The standard InChI is InChI=1S/C16H18N2O4S2/c19-16(12-10-13(22-17-12)11-3-4-11)18-6-5-15(14-2-1-8-23-14)24(20,21)9-7-18/h1-2,8,10-11,15H,3-7,9H2. The Kier molecular flexibility index (Phi) is 3.96. The van der Waals surface area contributed by atoms with Crippen LogP contribution in [0.3, 0.4) is 0 Å². The monoisotopic (exact) mass is 366 g/mol. The molecule has 1 unspecified atom stereocenters. The van der Waals surface area contributed by atoms with Crippen LogP contribution in [0.25, 0.3) is 0 Å². The highest BCUT2D eigenvalue weighted by molar-refractivity contribution is 7.91. The number of aromatic nitrogens is 1. The first kappa shape index (κ1) is 15.8. The highest BCUT2D eigenvalue weighted by atomic mass is 32.2. The zero-order chi connectivity index (χ0) is 16.7. The van der Waals surface area contributed by atoms with Crippen molar-refractivity contribution >= 4 is 27.1 Å². The van der Waals surface area contributed by atoms with E-state index in [4.69, 9.17) is 4.52 Å². The Morgan fingerprint density at radius 2 is 2.12 bits per heavy atom. The summed E-state index contributed by atoms with van der Waals surface area (Å²) < 4.78 is 30.3. The molecule has 2 aromatic rings. The third kappa shape index (κ3) is 3.00. The second-order valence-corrected chi connectivity index (χ2v) is 9.62. The van der Waals surface area contributed by atoms with Crippen molar-refractivity contribution in [1.29, 1.82) is 0 Å². The Labute approximate surface area is 144 Å². The topological polar surface area (TPSA) is 80.5 Å². The molecule has 1 atom stereocenters. The number of hydrogen-bond donors (Lipinski definition) is 0. The molecule has 8 heteroatoms. The first-order valence-corrected chi connectivity index (χ1v) is 10.6. The van der Waals surface area contributed by atoms with Gasteiger partial charge in [-0.1, -0.05) is 11.2 Å². The molecular formula is C16H18N2O4S2. The van der Waals surface area contributed by atoms with Gasteiger partial charge in [0.1, 0.15) is 5.76 Å². The Morgan fingerprint density at radius 1 is 1.29 bits per heavy atom. The summed E-state index contributed by atoms with van der Waals surface area (Å²) >= 11 is 1.45. The van der Waals surface area contributed by atoms with Gasteiger partial charge in [0.25, 0.3) is 5.91 Å². The van der Waals surface area contributed by atoms with Gasteiger partial charge >= 0.3 is 0 Å². The van der Waals surface area contributed by atoms with Gasteiger partial charge in [-0.05, 0) is 30.7 Å². The maximum atomic E-state index is 12.6. The molecule has 1 amide bonds. The average molecular weight is 366 g/mol. The fourth-order valence-electron chi connectivity index (χ4n) is 3.05. The van der Waals surface area contributed by atoms with Crippen molar-refractivity contribution in [2.75, 3.05) is 18.8 Å². The number of carbonyl (C=O) groups is 1. The highest BCUT2D eigenvalue weighted by Crippen LogP contribution is 2.40. The van der Waals surface area contributed by atoms with Gasteiger partial charge < -0.3 is 9.42 Å². The first-order chi connectivity index (χ1) is 11.5. The average Bonchev–Trinajstić information content (AvgIpc) is 3.10. The lowest BCUT2D eigenvalue weighted by Crippen LogP contribution is -2.33. The second kappa shape index (κ2) is 6.00. The fourth-order valence-corrected chi connectivity index (χ4v) is 6.06. The molecule has 4 rings (SSSR count). The Bertz CT molecular complexity index is 837. The highest BCUT2D eigenvalue weighted by Gasteiger charge is 2.35. The minimum Gasteiger partial charge on any atom is -0.360 e. The molecule has 6 nitrogen and oxygen atoms in total. The van der Waals surface area contributed by atoms with E-state index in [9.17, 15) is 13.2 Å². The number of amides is 1. The lowest BCUT2D eigenvalue weighted by molar-refractivity contribution is 0.0756. The summed E-state index contributed by atoms with van der Waals surface area (Å²) in [6.45, 7) is 0.612. The molecule has 0 N–H and O–H groups in total. The third-order valence-electron chi connectivity index (χ3n) is 4.62. The fraction of sp³-hybridized carbons (Fsp3) is 0.500. The van der Waals surface area contributed by atoms with Crippen LogP contribution in [-0.4, -0.2) is 43.2 Å². The summed E-state index contributed by atoms with van der Waals surface area (Å²) in [5, 5.41) is 5.24. The van der Waals surface area contributed by atoms with Crippen LogP contribution in [0, 0.1) is 0 Å². The Balaban J connectivity index is 1.51. The lowest BCUT2D eigenvalue weighted by atomic mass is 10.2. The molecule has 0 radical (unpaired) electrons. The van der Waals surface area contributed by atoms with E-state index in [0.29, 0.717) is 18.9 Å². The number of sulfone groups is 1. The van der Waals surface area contributed by atoms with Crippen LogP contribution in [-0.2, 0) is 9.84 Å². The van der Waals surface area contributed by atoms with E-state index in [0.717, 1.165) is 23.5 Å². The zero-order valence-electron chi connectivity index (χ0n) is 13.1. The summed E-state index contributed by atoms with van der Waals surface area (Å²) in [5.74, 6) is 0.894. The second-order valence-electron chi connectivity index (χ2n) is 6.34. The molecule has 128 valence electrons. The van der Waals surface area contributed by atoms with Crippen molar-refractivity contribution in [3.63, 3.8) is 0 Å². The molecule has 1 aliphatic carbocycles. The first-order valence-electron chi connectivity index (χ1n) is 8.05. The Morgan fingerprint density at radius 3 is 2.83 bits per heavy atom. The van der Waals surface area contributed by atoms with Gasteiger partial charge in [0.05, 0.1) is 11.0 Å². The molecule has 0 spiro atoms. The van der Waals surface area contributed by atoms with Gasteiger partial charge in [-0.15, -0.1) is 11.3 Å². The van der Waals surface area contributed by atoms with E-state index in [1.165, 1.54) is 11.3 Å². The van der Waals surface area contributed by atoms with Crippen LogP contribution in [0.1, 0.15) is 51.6 Å². The predicted molar refractivity (Wildman–Crippen MR) is 89.8 cm³/mol. The molecule has 0 bridgehead atoms. The maximum absolute atomic E-state index is 12.6. The van der Waals surface area contributed by atoms with Gasteiger partial charge in [-0.25, -0.2) is 8.42 Å². The molecule has 0 aromatic carbocycles. The number of rotatable bonds is 3. The SMILES string of the molecule is O=C(c1cc(C2CC2)on1)N1CCC(c2cccs2)S(=O)(=O)CC1. The van der Waals surface area contributed by atoms with Crippen LogP contribution >= 0.6 is 11.3 Å². The molecule has 3 heterocycles. The molecule has 2 aliphatic rings. The van der Waals surface area contributed by atoms with Gasteiger partial charge in [0.2, 0.25) is 0 Å². The molecule has 1 saturated carbocycles. The van der Waals surface area contributed by atoms with E-state index in [1.54, 1.807) is 11.0 Å². The smallest absolute Gasteiger partial charge is 0.276 e. The number of hydrogen-bond acceptors (Lipinski definition) is 6. The van der Waals surface area contributed by atoms with E-state index in [1.807, 2.05) is 17.5 Å². The summed E-state index contributed by atoms with van der Waals surface area (Å²) in [6.07, 6.45) is 2.57. The normalized spacial score (nSPS) is 23.8. The van der Waals surface area contributed by atoms with Gasteiger partial charge in [0, 0.05) is 30.0 Å². The summed E-state index contributed by atoms with van der Waals surface area (Å²) in [4.78, 5) is 15.1. The van der Waals surface area contributed by atoms with E-state index >= 15 is 0 Å². The van der Waals surface area contributed by atoms with Crippen molar-refractivity contribution in [2.24, 2.45) is 0 Å². The molecule has 2 aromatic heterocycles. The predicted octanol–water partition coefficient (Wildman–Crippen LogP) is 2.62. The minimum absolute atomic E-state index is 0.0192. The van der Waals surface area contributed by atoms with E-state index in [-0.39, 0.29) is 23.9 Å². The largest absolute Gasteiger partial charge is 0.360 e. The summed E-state index contributed by atoms with van der Waals surface area (Å²) in [5.41, 5.74) is 0.281. The van der Waals surface area contributed by atoms with E-state index in [2.05, 4.69) is 5.16 Å². The maximum Gasteiger partial charge on any atom is 0.276 e. The van der Waals surface area contributed by atoms with Crippen LogP contribution in [0.15, 0.2) is 28.1 Å². The quantitative estimate of drug-likeness (QED) is 0.834. The zero-order valence-corrected chi connectivity index (χ0v) is 14.7. The number of thiophene rings is 1. The molecular weight excluding hydrogens is 348 g/mol. The van der Waals surface area contributed by atoms with Crippen molar-refractivity contribution < 1.29 is 17.7 Å².